The van der Waals surface area contributed by atoms with Gasteiger partial charge in [-0.25, -0.2) is 8.42 Å². The molecular formula is C12H15NO2S. The number of benzene rings is 1. The SMILES string of the molecule is CCc1ccc(S(=O)(=O)C(C)(C)C#N)cc1. The zero-order valence-corrected chi connectivity index (χ0v) is 10.5. The van der Waals surface area contributed by atoms with E-state index in [2.05, 4.69) is 0 Å². The standard InChI is InChI=1S/C12H15NO2S/c1-4-10-5-7-11(8-6-10)16(14,15)12(2,3)9-13/h5-8H,4H2,1-3H3. The number of rotatable bonds is 3. The third-order valence-electron chi connectivity index (χ3n) is 2.58. The predicted molar refractivity (Wildman–Crippen MR) is 62.7 cm³/mol. The smallest absolute Gasteiger partial charge is 0.196 e. The van der Waals surface area contributed by atoms with Gasteiger partial charge in [-0.15, -0.1) is 0 Å². The third-order valence-corrected chi connectivity index (χ3v) is 4.91. The molecule has 0 N–H and O–H groups in total. The summed E-state index contributed by atoms with van der Waals surface area (Å²) in [5, 5.41) is 8.86. The lowest BCUT2D eigenvalue weighted by atomic mass is 10.2. The summed E-state index contributed by atoms with van der Waals surface area (Å²) in [6, 6.07) is 8.50. The highest BCUT2D eigenvalue weighted by atomic mass is 32.2. The van der Waals surface area contributed by atoms with E-state index in [1.54, 1.807) is 24.3 Å². The van der Waals surface area contributed by atoms with Crippen molar-refractivity contribution in [1.29, 1.82) is 5.26 Å². The second-order valence-electron chi connectivity index (χ2n) is 4.12. The van der Waals surface area contributed by atoms with Gasteiger partial charge in [-0.2, -0.15) is 5.26 Å². The predicted octanol–water partition coefficient (Wildman–Crippen LogP) is 2.32. The van der Waals surface area contributed by atoms with Gasteiger partial charge in [-0.05, 0) is 38.0 Å². The van der Waals surface area contributed by atoms with E-state index in [1.165, 1.54) is 13.8 Å². The van der Waals surface area contributed by atoms with Gasteiger partial charge in [-0.3, -0.25) is 0 Å². The van der Waals surface area contributed by atoms with E-state index in [0.717, 1.165) is 12.0 Å². The van der Waals surface area contributed by atoms with Gasteiger partial charge in [0.05, 0.1) is 11.0 Å². The lowest BCUT2D eigenvalue weighted by Gasteiger charge is -2.16. The largest absolute Gasteiger partial charge is 0.222 e. The Kier molecular flexibility index (Phi) is 3.39. The van der Waals surface area contributed by atoms with E-state index in [9.17, 15) is 8.42 Å². The maximum absolute atomic E-state index is 12.1. The molecule has 0 aliphatic rings. The Labute approximate surface area is 96.6 Å². The summed E-state index contributed by atoms with van der Waals surface area (Å²) in [5.41, 5.74) is 1.08. The number of aryl methyl sites for hydroxylation is 1. The molecule has 0 spiro atoms. The van der Waals surface area contributed by atoms with Gasteiger partial charge >= 0.3 is 0 Å². The second kappa shape index (κ2) is 4.26. The van der Waals surface area contributed by atoms with Crippen molar-refractivity contribution < 1.29 is 8.42 Å². The molecule has 1 rings (SSSR count). The van der Waals surface area contributed by atoms with Crippen molar-refractivity contribution in [1.82, 2.24) is 0 Å². The van der Waals surface area contributed by atoms with Crippen LogP contribution in [0.5, 0.6) is 0 Å². The van der Waals surface area contributed by atoms with E-state index in [1.807, 2.05) is 13.0 Å². The van der Waals surface area contributed by atoms with Gasteiger partial charge < -0.3 is 0 Å². The molecular weight excluding hydrogens is 222 g/mol. The number of sulfone groups is 1. The molecule has 0 saturated heterocycles. The Hall–Kier alpha value is -1.34. The molecule has 0 aliphatic carbocycles. The third kappa shape index (κ3) is 2.10. The van der Waals surface area contributed by atoms with Crippen molar-refractivity contribution in [3.8, 4) is 6.07 Å². The minimum absolute atomic E-state index is 0.205. The van der Waals surface area contributed by atoms with Crippen LogP contribution in [-0.2, 0) is 16.3 Å². The first-order chi connectivity index (χ1) is 7.35. The van der Waals surface area contributed by atoms with E-state index in [-0.39, 0.29) is 4.90 Å². The summed E-state index contributed by atoms with van der Waals surface area (Å²) >= 11 is 0. The summed E-state index contributed by atoms with van der Waals surface area (Å²) in [5.74, 6) is 0. The molecule has 0 radical (unpaired) electrons. The van der Waals surface area contributed by atoms with Crippen LogP contribution in [0.3, 0.4) is 0 Å². The van der Waals surface area contributed by atoms with E-state index >= 15 is 0 Å². The molecule has 1 aromatic carbocycles. The monoisotopic (exact) mass is 237 g/mol. The highest BCUT2D eigenvalue weighted by molar-refractivity contribution is 7.93. The maximum atomic E-state index is 12.1. The summed E-state index contributed by atoms with van der Waals surface area (Å²) in [7, 11) is -3.57. The molecule has 0 aromatic heterocycles. The first-order valence-electron chi connectivity index (χ1n) is 5.10. The van der Waals surface area contributed by atoms with Gasteiger partial charge in [0.1, 0.15) is 0 Å². The van der Waals surface area contributed by atoms with Gasteiger partial charge in [0.2, 0.25) is 0 Å². The topological polar surface area (TPSA) is 57.9 Å². The van der Waals surface area contributed by atoms with Crippen LogP contribution in [0.4, 0.5) is 0 Å². The molecule has 0 bridgehead atoms. The first-order valence-corrected chi connectivity index (χ1v) is 6.58. The maximum Gasteiger partial charge on any atom is 0.196 e. The van der Waals surface area contributed by atoms with Crippen LogP contribution in [-0.4, -0.2) is 13.2 Å². The quantitative estimate of drug-likeness (QED) is 0.810. The molecule has 86 valence electrons. The highest BCUT2D eigenvalue weighted by Crippen LogP contribution is 2.24. The van der Waals surface area contributed by atoms with Gasteiger partial charge in [0.15, 0.2) is 14.6 Å². The summed E-state index contributed by atoms with van der Waals surface area (Å²) in [4.78, 5) is 0.205. The van der Waals surface area contributed by atoms with Crippen LogP contribution in [0, 0.1) is 11.3 Å². The lowest BCUT2D eigenvalue weighted by molar-refractivity contribution is 0.574. The average Bonchev–Trinajstić information content (AvgIpc) is 2.29. The average molecular weight is 237 g/mol. The number of hydrogen-bond acceptors (Lipinski definition) is 3. The van der Waals surface area contributed by atoms with Crippen molar-refractivity contribution >= 4 is 9.84 Å². The molecule has 0 aliphatic heterocycles. The number of hydrogen-bond donors (Lipinski definition) is 0. The van der Waals surface area contributed by atoms with E-state index < -0.39 is 14.6 Å². The van der Waals surface area contributed by atoms with Gasteiger partial charge in [-0.1, -0.05) is 19.1 Å². The molecule has 0 heterocycles. The molecule has 3 nitrogen and oxygen atoms in total. The van der Waals surface area contributed by atoms with Crippen LogP contribution in [0.25, 0.3) is 0 Å². The molecule has 0 saturated carbocycles. The van der Waals surface area contributed by atoms with Crippen LogP contribution in [0.1, 0.15) is 26.3 Å². The van der Waals surface area contributed by atoms with Crippen LogP contribution in [0.15, 0.2) is 29.2 Å². The van der Waals surface area contributed by atoms with Crippen LogP contribution >= 0.6 is 0 Å². The van der Waals surface area contributed by atoms with Crippen LogP contribution in [0.2, 0.25) is 0 Å². The fourth-order valence-electron chi connectivity index (χ4n) is 1.26. The molecule has 16 heavy (non-hydrogen) atoms. The first kappa shape index (κ1) is 12.7. The second-order valence-corrected chi connectivity index (χ2v) is 6.62. The lowest BCUT2D eigenvalue weighted by Crippen LogP contribution is -2.29. The minimum Gasteiger partial charge on any atom is -0.222 e. The Morgan fingerprint density at radius 2 is 1.75 bits per heavy atom. The fourth-order valence-corrected chi connectivity index (χ4v) is 2.46. The van der Waals surface area contributed by atoms with Crippen molar-refractivity contribution in [2.45, 2.75) is 36.8 Å². The van der Waals surface area contributed by atoms with Crippen molar-refractivity contribution in [2.24, 2.45) is 0 Å². The molecule has 0 amide bonds. The Bertz CT molecular complexity index is 507. The van der Waals surface area contributed by atoms with Crippen molar-refractivity contribution in [3.05, 3.63) is 29.8 Å². The fraction of sp³-hybridized carbons (Fsp3) is 0.417. The zero-order valence-electron chi connectivity index (χ0n) is 9.69. The molecule has 4 heteroatoms. The van der Waals surface area contributed by atoms with Crippen LogP contribution < -0.4 is 0 Å². The summed E-state index contributed by atoms with van der Waals surface area (Å²) in [6.07, 6.45) is 0.863. The van der Waals surface area contributed by atoms with E-state index in [4.69, 9.17) is 5.26 Å². The molecule has 1 aromatic rings. The van der Waals surface area contributed by atoms with Crippen molar-refractivity contribution in [3.63, 3.8) is 0 Å². The Balaban J connectivity index is 3.25. The number of nitriles is 1. The Morgan fingerprint density at radius 1 is 1.25 bits per heavy atom. The molecule has 0 atom stereocenters. The molecule has 0 unspecified atom stereocenters. The number of nitrogens with zero attached hydrogens (tertiary/aromatic N) is 1. The van der Waals surface area contributed by atoms with Gasteiger partial charge in [0.25, 0.3) is 0 Å². The summed E-state index contributed by atoms with van der Waals surface area (Å²) in [6.45, 7) is 4.83. The van der Waals surface area contributed by atoms with Gasteiger partial charge in [0, 0.05) is 0 Å². The Morgan fingerprint density at radius 3 is 2.12 bits per heavy atom. The molecule has 0 fully saturated rings. The zero-order chi connectivity index (χ0) is 12.4. The van der Waals surface area contributed by atoms with Crippen molar-refractivity contribution in [2.75, 3.05) is 0 Å². The normalized spacial score (nSPS) is 12.1. The summed E-state index contributed by atoms with van der Waals surface area (Å²) < 4.78 is 22.7. The highest BCUT2D eigenvalue weighted by Gasteiger charge is 2.35. The minimum atomic E-state index is -3.57. The van der Waals surface area contributed by atoms with E-state index in [0.29, 0.717) is 0 Å².